The average molecular weight is 734 g/mol. The minimum Gasteiger partial charge on any atom is -0.444 e. The van der Waals surface area contributed by atoms with Crippen LogP contribution < -0.4 is 15.3 Å². The molecule has 1 amide bonds. The lowest BCUT2D eigenvalue weighted by molar-refractivity contribution is -0.0930. The second kappa shape index (κ2) is 11.3. The molecule has 1 aromatic heterocycles. The second-order valence-electron chi connectivity index (χ2n) is 13.1. The van der Waals surface area contributed by atoms with Crippen LogP contribution in [0.1, 0.15) is 64.8 Å². The van der Waals surface area contributed by atoms with Crippen molar-refractivity contribution in [2.75, 3.05) is 42.7 Å². The fraction of sp³-hybridized carbons (Fsp3) is 0.607. The van der Waals surface area contributed by atoms with E-state index in [9.17, 15) is 4.79 Å². The summed E-state index contributed by atoms with van der Waals surface area (Å²) in [6.07, 6.45) is 3.43. The van der Waals surface area contributed by atoms with Crippen molar-refractivity contribution in [3.8, 4) is 11.1 Å². The van der Waals surface area contributed by atoms with Crippen molar-refractivity contribution >= 4 is 75.4 Å². The number of carbonyl (C=O) groups is 1. The van der Waals surface area contributed by atoms with E-state index in [1.54, 1.807) is 6.07 Å². The highest BCUT2D eigenvalue weighted by Gasteiger charge is 2.55. The first-order valence-electron chi connectivity index (χ1n) is 13.9. The van der Waals surface area contributed by atoms with E-state index in [1.165, 1.54) is 6.21 Å². The Hall–Kier alpha value is -1.33. The minimum absolute atomic E-state index is 0.112. The number of amides is 1. The summed E-state index contributed by atoms with van der Waals surface area (Å²) < 4.78 is 7.73. The summed E-state index contributed by atoms with van der Waals surface area (Å²) in [6.45, 7) is 16.1. The van der Waals surface area contributed by atoms with Gasteiger partial charge in [-0.05, 0) is 82.5 Å². The first-order valence-corrected chi connectivity index (χ1v) is 18.8. The highest BCUT2D eigenvalue weighted by molar-refractivity contribution is 14.2. The number of hydrogen-bond donors (Lipinski definition) is 3. The summed E-state index contributed by atoms with van der Waals surface area (Å²) in [5.41, 5.74) is 3.60. The summed E-state index contributed by atoms with van der Waals surface area (Å²) >= 11 is 15.9. The first kappa shape index (κ1) is 31.1. The molecule has 0 radical (unpaired) electrons. The Balaban J connectivity index is 1.52. The molecule has 1 saturated carbocycles. The van der Waals surface area contributed by atoms with Crippen molar-refractivity contribution < 1.29 is 9.53 Å². The van der Waals surface area contributed by atoms with Crippen LogP contribution in [0, 0.1) is 17.7 Å². The molecule has 3 N–H and O–H groups in total. The van der Waals surface area contributed by atoms with E-state index < -0.39 is 5.60 Å². The number of anilines is 2. The number of nitrogens with zero attached hydrogens (tertiary/aromatic N) is 4. The Morgan fingerprint density at radius 1 is 1.29 bits per heavy atom. The van der Waals surface area contributed by atoms with Gasteiger partial charge in [-0.15, -0.1) is 0 Å². The number of rotatable bonds is 6. The number of nitrogens with one attached hydrogen (secondary N) is 3. The Bertz CT molecular complexity index is 1360. The number of benzene rings is 1. The molecule has 2 saturated heterocycles. The van der Waals surface area contributed by atoms with Gasteiger partial charge < -0.3 is 30.4 Å². The van der Waals surface area contributed by atoms with E-state index in [0.717, 1.165) is 60.8 Å². The van der Waals surface area contributed by atoms with Gasteiger partial charge in [-0.3, -0.25) is 4.68 Å². The molecule has 1 spiro atoms. The van der Waals surface area contributed by atoms with Gasteiger partial charge in [0.2, 0.25) is 0 Å². The molecule has 3 aliphatic rings. The molecule has 3 heterocycles. The van der Waals surface area contributed by atoms with Crippen LogP contribution in [0.3, 0.4) is 0 Å². The lowest BCUT2D eigenvalue weighted by atomic mass is 9.61. The van der Waals surface area contributed by atoms with Crippen molar-refractivity contribution in [2.24, 2.45) is 5.41 Å². The van der Waals surface area contributed by atoms with Gasteiger partial charge in [0.25, 0.3) is 0 Å². The predicted octanol–water partition coefficient (Wildman–Crippen LogP) is 7.28. The molecule has 224 valence electrons. The Labute approximate surface area is 267 Å². The molecule has 3 fully saturated rings. The average Bonchev–Trinajstić information content (AvgIpc) is 3.14. The van der Waals surface area contributed by atoms with Crippen LogP contribution in [0.15, 0.2) is 6.07 Å². The number of ether oxygens (including phenoxy) is 1. The molecule has 9 nitrogen and oxygen atoms in total. The van der Waals surface area contributed by atoms with Gasteiger partial charge in [-0.1, -0.05) is 23.2 Å². The van der Waals surface area contributed by atoms with Crippen LogP contribution in [-0.2, 0) is 4.74 Å². The van der Waals surface area contributed by atoms with E-state index in [4.69, 9.17) is 38.4 Å². The molecular formula is C28H39Cl2IN7O2P. The topological polar surface area (TPSA) is 98.5 Å². The number of piperazine rings is 1. The maximum Gasteiger partial charge on any atom is 0.410 e. The molecule has 2 aliphatic heterocycles. The largest absolute Gasteiger partial charge is 0.444 e. The van der Waals surface area contributed by atoms with E-state index in [1.807, 2.05) is 25.7 Å². The molecule has 5 rings (SSSR count). The van der Waals surface area contributed by atoms with Gasteiger partial charge in [0.05, 0.1) is 16.1 Å². The molecule has 1 aromatic carbocycles. The number of aromatic nitrogens is 2. The zero-order valence-corrected chi connectivity index (χ0v) is 29.1. The fourth-order valence-corrected chi connectivity index (χ4v) is 8.13. The van der Waals surface area contributed by atoms with Gasteiger partial charge in [-0.2, -0.15) is 5.10 Å². The van der Waals surface area contributed by atoms with Crippen LogP contribution in [0.2, 0.25) is 10.0 Å². The highest BCUT2D eigenvalue weighted by atomic mass is 127. The van der Waals surface area contributed by atoms with Crippen LogP contribution >= 0.6 is 51.6 Å². The van der Waals surface area contributed by atoms with Crippen molar-refractivity contribution in [3.63, 3.8) is 0 Å². The van der Waals surface area contributed by atoms with Crippen LogP contribution in [0.25, 0.3) is 11.1 Å². The Kier molecular flexibility index (Phi) is 8.58. The second-order valence-corrected chi connectivity index (χ2v) is 16.0. The summed E-state index contributed by atoms with van der Waals surface area (Å²) in [4.78, 5) is 16.7. The maximum absolute atomic E-state index is 12.5. The van der Waals surface area contributed by atoms with Gasteiger partial charge in [0, 0.05) is 84.3 Å². The van der Waals surface area contributed by atoms with Crippen molar-refractivity contribution in [2.45, 2.75) is 71.6 Å². The molecule has 1 atom stereocenters. The lowest BCUT2D eigenvalue weighted by Crippen LogP contribution is -2.64. The number of halogens is 3. The summed E-state index contributed by atoms with van der Waals surface area (Å²) in [5, 5.41) is 21.4. The molecule has 41 heavy (non-hydrogen) atoms. The molecular weight excluding hydrogens is 695 g/mol. The summed E-state index contributed by atoms with van der Waals surface area (Å²) in [7, 11) is 0. The van der Waals surface area contributed by atoms with Crippen LogP contribution in [0.4, 0.5) is 16.3 Å². The Morgan fingerprint density at radius 3 is 2.56 bits per heavy atom. The SMILES string of the molecule is Cc1c(-c2c(Cl)c(Cl)cc(NPI)c2C=N)c(N2CCNCC2(C)C)nn1C1CC2(C1)CN(C(=O)OC(C)(C)C)C2. The highest BCUT2D eigenvalue weighted by Crippen LogP contribution is 2.56. The smallest absolute Gasteiger partial charge is 0.410 e. The Morgan fingerprint density at radius 2 is 1.98 bits per heavy atom. The van der Waals surface area contributed by atoms with Crippen LogP contribution in [-0.4, -0.2) is 70.9 Å². The molecule has 0 bridgehead atoms. The maximum atomic E-state index is 12.5. The van der Waals surface area contributed by atoms with Gasteiger partial charge in [0.15, 0.2) is 5.82 Å². The number of likely N-dealkylation sites (tertiary alicyclic amines) is 1. The van der Waals surface area contributed by atoms with E-state index >= 15 is 0 Å². The third-order valence-electron chi connectivity index (χ3n) is 8.41. The summed E-state index contributed by atoms with van der Waals surface area (Å²) in [5.74, 6) is 0.870. The minimum atomic E-state index is -0.498. The predicted molar refractivity (Wildman–Crippen MR) is 179 cm³/mol. The van der Waals surface area contributed by atoms with Gasteiger partial charge in [-0.25, -0.2) is 4.79 Å². The van der Waals surface area contributed by atoms with Crippen molar-refractivity contribution in [3.05, 3.63) is 27.4 Å². The van der Waals surface area contributed by atoms with Crippen LogP contribution in [0.5, 0.6) is 0 Å². The van der Waals surface area contributed by atoms with E-state index in [2.05, 4.69) is 62.8 Å². The molecule has 2 aromatic rings. The third kappa shape index (κ3) is 5.80. The third-order valence-corrected chi connectivity index (χ3v) is 10.4. The number of carbonyl (C=O) groups excluding carboxylic acids is 1. The quantitative estimate of drug-likeness (QED) is 0.164. The summed E-state index contributed by atoms with van der Waals surface area (Å²) in [6, 6.07) is 2.01. The van der Waals surface area contributed by atoms with Gasteiger partial charge in [0.1, 0.15) is 5.60 Å². The fourth-order valence-electron chi connectivity index (χ4n) is 6.50. The zero-order valence-electron chi connectivity index (χ0n) is 24.4. The molecule has 1 aliphatic carbocycles. The molecule has 13 heteroatoms. The lowest BCUT2D eigenvalue weighted by Gasteiger charge is -2.58. The number of hydrogen-bond acceptors (Lipinski definition) is 7. The first-order chi connectivity index (χ1) is 19.2. The van der Waals surface area contributed by atoms with Crippen molar-refractivity contribution in [1.82, 2.24) is 20.0 Å². The normalized spacial score (nSPS) is 20.3. The van der Waals surface area contributed by atoms with E-state index in [0.29, 0.717) is 35.1 Å². The monoisotopic (exact) mass is 733 g/mol. The zero-order chi connectivity index (χ0) is 29.9. The standard InChI is InChI=1S/C28H39Cl2IN7O2P/c1-16-21(22-18(12-32)20(35-41-31)9-19(29)23(22)30)24(37-8-7-33-13-27(37,5)6)34-38(16)17-10-28(11-17)14-36(15-28)25(39)40-26(2,3)4/h9,12,17,32-33,35,41H,7-8,10-11,13-15H2,1-6H3. The van der Waals surface area contributed by atoms with Crippen molar-refractivity contribution in [1.29, 1.82) is 5.41 Å². The molecule has 1 unspecified atom stereocenters. The van der Waals surface area contributed by atoms with E-state index in [-0.39, 0.29) is 23.1 Å². The van der Waals surface area contributed by atoms with Gasteiger partial charge >= 0.3 is 6.09 Å².